The normalized spacial score (nSPS) is 14.6. The lowest BCUT2D eigenvalue weighted by Crippen LogP contribution is -2.17. The molecule has 0 aliphatic rings. The van der Waals surface area contributed by atoms with E-state index in [0.717, 1.165) is 24.0 Å². The van der Waals surface area contributed by atoms with E-state index in [1.807, 2.05) is 26.8 Å². The Balaban J connectivity index is 2.80. The van der Waals surface area contributed by atoms with Crippen LogP contribution in [0.3, 0.4) is 0 Å². The van der Waals surface area contributed by atoms with Crippen LogP contribution in [0.1, 0.15) is 95.2 Å². The maximum Gasteiger partial charge on any atom is 0.410 e. The summed E-state index contributed by atoms with van der Waals surface area (Å²) in [5.41, 5.74) is 0.882. The fourth-order valence-corrected chi connectivity index (χ4v) is 3.58. The molecule has 0 radical (unpaired) electrons. The molecule has 0 aromatic carbocycles. The first-order chi connectivity index (χ1) is 18.5. The van der Waals surface area contributed by atoms with Gasteiger partial charge in [0.15, 0.2) is 5.78 Å². The number of hydrogen-bond acceptors (Lipinski definition) is 7. The lowest BCUT2D eigenvalue weighted by atomic mass is 9.99. The SMILES string of the molecule is CC/C=C/C/C=C(/C)[C@H](O)CC/C(C)=C/C=C(\C)C(=O)c1c(O)cc([C@H](C)CC/C=C/NC(=O)OC)oc1=O. The quantitative estimate of drug-likeness (QED) is 0.0986. The standard InChI is InChI=1S/C31H43NO7/c1-7-8-9-10-13-22(3)25(33)18-16-21(2)15-17-24(5)29(35)28-26(34)20-27(39-30(28)36)23(4)14-11-12-19-32-31(37)38-6/h8-9,12-13,15,17,19-20,23,25,33-34H,7,10-11,14,16,18H2,1-6H3,(H,32,37)/b9-8+,19-12+,21-15+,22-13-,24-17+/t23-,25-/m1/s1. The van der Waals surface area contributed by atoms with Crippen LogP contribution in [0.2, 0.25) is 0 Å². The number of allylic oxidation sites excluding steroid dienone is 8. The van der Waals surface area contributed by atoms with Crippen molar-refractivity contribution in [3.05, 3.63) is 87.2 Å². The molecule has 0 spiro atoms. The zero-order valence-electron chi connectivity index (χ0n) is 24.0. The number of aliphatic hydroxyl groups excluding tert-OH is 1. The minimum atomic E-state index is -0.891. The van der Waals surface area contributed by atoms with Crippen molar-refractivity contribution in [3.8, 4) is 5.75 Å². The molecular formula is C31H43NO7. The minimum Gasteiger partial charge on any atom is -0.507 e. The molecule has 2 atom stereocenters. The Morgan fingerprint density at radius 3 is 2.49 bits per heavy atom. The Morgan fingerprint density at radius 1 is 1.13 bits per heavy atom. The van der Waals surface area contributed by atoms with Gasteiger partial charge in [-0.2, -0.15) is 0 Å². The number of carbonyl (C=O) groups is 2. The number of hydrogen-bond donors (Lipinski definition) is 3. The largest absolute Gasteiger partial charge is 0.507 e. The van der Waals surface area contributed by atoms with Crippen LogP contribution in [0.5, 0.6) is 5.75 Å². The van der Waals surface area contributed by atoms with E-state index < -0.39 is 34.9 Å². The van der Waals surface area contributed by atoms with Gasteiger partial charge in [0.1, 0.15) is 17.1 Å². The minimum absolute atomic E-state index is 0.209. The smallest absolute Gasteiger partial charge is 0.410 e. The van der Waals surface area contributed by atoms with E-state index in [0.29, 0.717) is 25.7 Å². The Morgan fingerprint density at radius 2 is 1.85 bits per heavy atom. The second kappa shape index (κ2) is 17.8. The Labute approximate surface area is 231 Å². The summed E-state index contributed by atoms with van der Waals surface area (Å²) < 4.78 is 9.82. The summed E-state index contributed by atoms with van der Waals surface area (Å²) in [4.78, 5) is 36.5. The summed E-state index contributed by atoms with van der Waals surface area (Å²) in [6.45, 7) is 9.30. The highest BCUT2D eigenvalue weighted by atomic mass is 16.5. The van der Waals surface area contributed by atoms with E-state index >= 15 is 0 Å². The molecular weight excluding hydrogens is 498 g/mol. The van der Waals surface area contributed by atoms with E-state index in [1.165, 1.54) is 19.4 Å². The lowest BCUT2D eigenvalue weighted by molar-refractivity contribution is 0.102. The molecule has 0 bridgehead atoms. The average Bonchev–Trinajstić information content (AvgIpc) is 2.91. The maximum atomic E-state index is 12.9. The number of rotatable bonds is 15. The van der Waals surface area contributed by atoms with Crippen LogP contribution in [-0.4, -0.2) is 35.3 Å². The summed E-state index contributed by atoms with van der Waals surface area (Å²) >= 11 is 0. The zero-order valence-corrected chi connectivity index (χ0v) is 24.0. The van der Waals surface area contributed by atoms with E-state index in [4.69, 9.17) is 4.42 Å². The molecule has 0 saturated carbocycles. The molecule has 214 valence electrons. The van der Waals surface area contributed by atoms with Gasteiger partial charge in [-0.15, -0.1) is 0 Å². The molecule has 39 heavy (non-hydrogen) atoms. The number of aliphatic hydroxyl groups is 1. The van der Waals surface area contributed by atoms with Gasteiger partial charge in [-0.05, 0) is 70.4 Å². The van der Waals surface area contributed by atoms with Gasteiger partial charge in [0.25, 0.3) is 0 Å². The third-order valence-electron chi connectivity index (χ3n) is 6.23. The van der Waals surface area contributed by atoms with Crippen molar-refractivity contribution in [2.24, 2.45) is 0 Å². The third kappa shape index (κ3) is 12.2. The monoisotopic (exact) mass is 541 g/mol. The van der Waals surface area contributed by atoms with Gasteiger partial charge < -0.3 is 19.4 Å². The number of carbonyl (C=O) groups excluding carboxylic acids is 2. The van der Waals surface area contributed by atoms with Crippen molar-refractivity contribution >= 4 is 11.9 Å². The first-order valence-electron chi connectivity index (χ1n) is 13.3. The summed E-state index contributed by atoms with van der Waals surface area (Å²) in [6, 6.07) is 1.30. The molecule has 1 aromatic rings. The number of methoxy groups -OCH3 is 1. The van der Waals surface area contributed by atoms with Crippen molar-refractivity contribution in [2.75, 3.05) is 7.11 Å². The Hall–Kier alpha value is -3.65. The number of alkyl carbamates (subject to hydrolysis) is 1. The van der Waals surface area contributed by atoms with Crippen molar-refractivity contribution in [2.45, 2.75) is 85.2 Å². The topological polar surface area (TPSA) is 126 Å². The maximum absolute atomic E-state index is 12.9. The highest BCUT2D eigenvalue weighted by Crippen LogP contribution is 2.26. The second-order valence-electron chi connectivity index (χ2n) is 9.52. The van der Waals surface area contributed by atoms with Crippen molar-refractivity contribution in [3.63, 3.8) is 0 Å². The molecule has 1 heterocycles. The van der Waals surface area contributed by atoms with E-state index in [9.17, 15) is 24.6 Å². The molecule has 0 fully saturated rings. The molecule has 1 aromatic heterocycles. The predicted molar refractivity (Wildman–Crippen MR) is 154 cm³/mol. The van der Waals surface area contributed by atoms with Crippen LogP contribution in [0.15, 0.2) is 74.7 Å². The molecule has 0 unspecified atom stereocenters. The van der Waals surface area contributed by atoms with Crippen molar-refractivity contribution in [1.29, 1.82) is 0 Å². The van der Waals surface area contributed by atoms with Gasteiger partial charge in [-0.1, -0.05) is 55.9 Å². The van der Waals surface area contributed by atoms with Crippen molar-refractivity contribution < 1.29 is 29.0 Å². The summed E-state index contributed by atoms with van der Waals surface area (Å²) in [5.74, 6) is -0.974. The number of ether oxygens (including phenoxy) is 1. The first kappa shape index (κ1) is 33.4. The molecule has 8 nitrogen and oxygen atoms in total. The average molecular weight is 542 g/mol. The van der Waals surface area contributed by atoms with Gasteiger partial charge in [0, 0.05) is 18.2 Å². The predicted octanol–water partition coefficient (Wildman–Crippen LogP) is 6.62. The van der Waals surface area contributed by atoms with Crippen LogP contribution >= 0.6 is 0 Å². The van der Waals surface area contributed by atoms with E-state index in [2.05, 4.69) is 29.1 Å². The fraction of sp³-hybridized carbons (Fsp3) is 0.452. The Bertz CT molecular complexity index is 1170. The summed E-state index contributed by atoms with van der Waals surface area (Å²) in [7, 11) is 1.27. The Kier molecular flexibility index (Phi) is 15.2. The molecule has 1 rings (SSSR count). The molecule has 0 aliphatic carbocycles. The summed E-state index contributed by atoms with van der Waals surface area (Å²) in [5, 5.41) is 23.3. The highest BCUT2D eigenvalue weighted by Gasteiger charge is 2.22. The van der Waals surface area contributed by atoms with Crippen LogP contribution in [0, 0.1) is 0 Å². The third-order valence-corrected chi connectivity index (χ3v) is 6.23. The molecule has 1 amide bonds. The number of aromatic hydroxyl groups is 1. The van der Waals surface area contributed by atoms with Crippen molar-refractivity contribution in [1.82, 2.24) is 5.32 Å². The number of nitrogens with one attached hydrogen (secondary N) is 1. The van der Waals surface area contributed by atoms with Gasteiger partial charge in [0.2, 0.25) is 0 Å². The van der Waals surface area contributed by atoms with Crippen LogP contribution in [-0.2, 0) is 4.74 Å². The number of ketones is 1. The second-order valence-corrected chi connectivity index (χ2v) is 9.52. The number of Topliss-reactive ketones (excluding diaryl/α,β-unsaturated/α-hetero) is 1. The molecule has 8 heteroatoms. The highest BCUT2D eigenvalue weighted by molar-refractivity contribution is 6.09. The fourth-order valence-electron chi connectivity index (χ4n) is 3.58. The summed E-state index contributed by atoms with van der Waals surface area (Å²) in [6.07, 6.45) is 15.8. The van der Waals surface area contributed by atoms with Crippen LogP contribution < -0.4 is 10.9 Å². The van der Waals surface area contributed by atoms with Gasteiger partial charge in [0.05, 0.1) is 13.2 Å². The van der Waals surface area contributed by atoms with E-state index in [1.54, 1.807) is 25.2 Å². The van der Waals surface area contributed by atoms with Crippen LogP contribution in [0.4, 0.5) is 4.79 Å². The van der Waals surface area contributed by atoms with Crippen LogP contribution in [0.25, 0.3) is 0 Å². The molecule has 3 N–H and O–H groups in total. The first-order valence-corrected chi connectivity index (χ1v) is 13.3. The lowest BCUT2D eigenvalue weighted by Gasteiger charge is -2.11. The van der Waals surface area contributed by atoms with E-state index in [-0.39, 0.29) is 17.3 Å². The number of amides is 1. The van der Waals surface area contributed by atoms with Gasteiger partial charge in [-0.3, -0.25) is 10.1 Å². The van der Waals surface area contributed by atoms with Gasteiger partial charge >= 0.3 is 11.7 Å². The molecule has 0 saturated heterocycles. The zero-order chi connectivity index (χ0) is 29.4. The molecule has 0 aliphatic heterocycles. The van der Waals surface area contributed by atoms with Gasteiger partial charge in [-0.25, -0.2) is 9.59 Å².